The second kappa shape index (κ2) is 8.13. The van der Waals surface area contributed by atoms with E-state index in [0.29, 0.717) is 6.10 Å². The van der Waals surface area contributed by atoms with E-state index in [0.717, 1.165) is 31.8 Å². The smallest absolute Gasteiger partial charge is 0.0608 e. The van der Waals surface area contributed by atoms with Crippen LogP contribution in [0.15, 0.2) is 0 Å². The molecule has 0 aromatic carbocycles. The van der Waals surface area contributed by atoms with Crippen LogP contribution in [0.4, 0.5) is 0 Å². The van der Waals surface area contributed by atoms with Crippen LogP contribution in [-0.2, 0) is 4.74 Å². The van der Waals surface area contributed by atoms with Gasteiger partial charge < -0.3 is 15.6 Å². The quantitative estimate of drug-likeness (QED) is 0.657. The predicted octanol–water partition coefficient (Wildman–Crippen LogP) is 2.85. The summed E-state index contributed by atoms with van der Waals surface area (Å²) in [4.78, 5) is 0. The van der Waals surface area contributed by atoms with Crippen molar-refractivity contribution in [3.05, 3.63) is 0 Å². The van der Waals surface area contributed by atoms with E-state index in [1.807, 2.05) is 6.92 Å². The molecular formula is C15H31NO2. The topological polar surface area (TPSA) is 55.5 Å². The fraction of sp³-hybridized carbons (Fsp3) is 1.00. The maximum Gasteiger partial charge on any atom is 0.0608 e. The largest absolute Gasteiger partial charge is 0.394 e. The lowest BCUT2D eigenvalue weighted by atomic mass is 9.85. The van der Waals surface area contributed by atoms with Crippen LogP contribution in [0.25, 0.3) is 0 Å². The van der Waals surface area contributed by atoms with E-state index in [2.05, 4.69) is 6.92 Å². The molecule has 1 aliphatic rings. The summed E-state index contributed by atoms with van der Waals surface area (Å²) in [6, 6.07) is 0. The number of aliphatic hydroxyl groups is 1. The minimum absolute atomic E-state index is 0.0639. The van der Waals surface area contributed by atoms with Gasteiger partial charge in [0.2, 0.25) is 0 Å². The summed E-state index contributed by atoms with van der Waals surface area (Å²) in [6.07, 6.45) is 9.98. The molecule has 3 heteroatoms. The maximum atomic E-state index is 9.06. The van der Waals surface area contributed by atoms with Crippen molar-refractivity contribution in [2.45, 2.75) is 76.9 Å². The lowest BCUT2D eigenvalue weighted by Crippen LogP contribution is -2.40. The van der Waals surface area contributed by atoms with Crippen LogP contribution in [0.5, 0.6) is 0 Å². The first-order valence-electron chi connectivity index (χ1n) is 7.60. The first-order chi connectivity index (χ1) is 8.59. The highest BCUT2D eigenvalue weighted by molar-refractivity contribution is 4.77. The number of hydrogen-bond acceptors (Lipinski definition) is 3. The number of nitrogens with two attached hydrogens (primary N) is 1. The second-order valence-corrected chi connectivity index (χ2v) is 6.13. The monoisotopic (exact) mass is 257 g/mol. The zero-order valence-electron chi connectivity index (χ0n) is 12.2. The fourth-order valence-corrected chi connectivity index (χ4v) is 2.80. The van der Waals surface area contributed by atoms with Gasteiger partial charge in [-0.15, -0.1) is 0 Å². The lowest BCUT2D eigenvalue weighted by molar-refractivity contribution is -0.0139. The van der Waals surface area contributed by atoms with E-state index in [4.69, 9.17) is 15.6 Å². The molecule has 108 valence electrons. The van der Waals surface area contributed by atoms with Crippen molar-refractivity contribution >= 4 is 0 Å². The molecular weight excluding hydrogens is 226 g/mol. The second-order valence-electron chi connectivity index (χ2n) is 6.13. The highest BCUT2D eigenvalue weighted by Crippen LogP contribution is 2.29. The van der Waals surface area contributed by atoms with Crippen molar-refractivity contribution in [1.29, 1.82) is 0 Å². The fourth-order valence-electron chi connectivity index (χ4n) is 2.80. The Morgan fingerprint density at radius 2 is 2.00 bits per heavy atom. The van der Waals surface area contributed by atoms with Crippen LogP contribution < -0.4 is 5.73 Å². The van der Waals surface area contributed by atoms with E-state index in [-0.39, 0.29) is 6.61 Å². The van der Waals surface area contributed by atoms with Gasteiger partial charge in [0.15, 0.2) is 0 Å². The van der Waals surface area contributed by atoms with Gasteiger partial charge in [-0.3, -0.25) is 0 Å². The minimum atomic E-state index is -0.420. The van der Waals surface area contributed by atoms with Crippen molar-refractivity contribution in [3.8, 4) is 0 Å². The molecule has 0 radical (unpaired) electrons. The zero-order valence-corrected chi connectivity index (χ0v) is 12.2. The van der Waals surface area contributed by atoms with Crippen molar-refractivity contribution in [1.82, 2.24) is 0 Å². The normalized spacial score (nSPS) is 28.0. The van der Waals surface area contributed by atoms with Gasteiger partial charge in [-0.2, -0.15) is 0 Å². The Hall–Kier alpha value is -0.120. The molecule has 0 heterocycles. The molecule has 0 bridgehead atoms. The van der Waals surface area contributed by atoms with Crippen LogP contribution in [0, 0.1) is 5.92 Å². The first kappa shape index (κ1) is 15.9. The summed E-state index contributed by atoms with van der Waals surface area (Å²) < 4.78 is 6.03. The van der Waals surface area contributed by atoms with Crippen LogP contribution in [-0.4, -0.2) is 30.0 Å². The Labute approximate surface area is 112 Å². The van der Waals surface area contributed by atoms with Crippen LogP contribution in [0.2, 0.25) is 0 Å². The molecule has 1 saturated carbocycles. The summed E-state index contributed by atoms with van der Waals surface area (Å²) >= 11 is 0. The molecule has 0 spiro atoms. The van der Waals surface area contributed by atoms with E-state index in [1.54, 1.807) is 0 Å². The molecule has 0 aliphatic heterocycles. The Morgan fingerprint density at radius 1 is 1.28 bits per heavy atom. The first-order valence-corrected chi connectivity index (χ1v) is 7.60. The number of hydrogen-bond donors (Lipinski definition) is 2. The van der Waals surface area contributed by atoms with E-state index >= 15 is 0 Å². The SMILES string of the molecule is CCC1CCCCC1OCCCCC(C)(N)CO. The molecule has 0 saturated heterocycles. The number of ether oxygens (including phenoxy) is 1. The predicted molar refractivity (Wildman–Crippen MR) is 75.5 cm³/mol. The summed E-state index contributed by atoms with van der Waals surface area (Å²) in [5.74, 6) is 0.774. The van der Waals surface area contributed by atoms with Gasteiger partial charge in [0, 0.05) is 12.1 Å². The van der Waals surface area contributed by atoms with E-state index in [9.17, 15) is 0 Å². The number of rotatable bonds is 8. The summed E-state index contributed by atoms with van der Waals surface area (Å²) in [5.41, 5.74) is 5.47. The molecule has 18 heavy (non-hydrogen) atoms. The van der Waals surface area contributed by atoms with Gasteiger partial charge in [-0.1, -0.05) is 26.2 Å². The number of aliphatic hydroxyl groups excluding tert-OH is 1. The third-order valence-electron chi connectivity index (χ3n) is 4.20. The van der Waals surface area contributed by atoms with Crippen molar-refractivity contribution in [2.24, 2.45) is 11.7 Å². The minimum Gasteiger partial charge on any atom is -0.394 e. The van der Waals surface area contributed by atoms with E-state index in [1.165, 1.54) is 32.1 Å². The van der Waals surface area contributed by atoms with Crippen LogP contribution in [0.3, 0.4) is 0 Å². The molecule has 1 rings (SSSR count). The number of unbranched alkanes of at least 4 members (excludes halogenated alkanes) is 1. The Morgan fingerprint density at radius 3 is 2.67 bits per heavy atom. The molecule has 0 aromatic heterocycles. The van der Waals surface area contributed by atoms with Gasteiger partial charge >= 0.3 is 0 Å². The molecule has 3 atom stereocenters. The van der Waals surface area contributed by atoms with Gasteiger partial charge in [-0.05, 0) is 44.9 Å². The van der Waals surface area contributed by atoms with Crippen molar-refractivity contribution in [2.75, 3.05) is 13.2 Å². The summed E-state index contributed by atoms with van der Waals surface area (Å²) in [7, 11) is 0. The average Bonchev–Trinajstić information content (AvgIpc) is 2.38. The average molecular weight is 257 g/mol. The summed E-state index contributed by atoms with van der Waals surface area (Å²) in [5, 5.41) is 9.06. The summed E-state index contributed by atoms with van der Waals surface area (Å²) in [6.45, 7) is 5.09. The van der Waals surface area contributed by atoms with Crippen LogP contribution in [0.1, 0.15) is 65.2 Å². The maximum absolute atomic E-state index is 9.06. The standard InChI is InChI=1S/C15H31NO2/c1-3-13-8-4-5-9-14(13)18-11-7-6-10-15(2,16)12-17/h13-14,17H,3-12,16H2,1-2H3. The lowest BCUT2D eigenvalue weighted by Gasteiger charge is -2.31. The molecule has 3 N–H and O–H groups in total. The van der Waals surface area contributed by atoms with Crippen molar-refractivity contribution in [3.63, 3.8) is 0 Å². The molecule has 1 fully saturated rings. The van der Waals surface area contributed by atoms with Crippen LogP contribution >= 0.6 is 0 Å². The molecule has 0 aromatic rings. The van der Waals surface area contributed by atoms with Gasteiger partial charge in [0.05, 0.1) is 12.7 Å². The Kier molecular flexibility index (Phi) is 7.20. The highest BCUT2D eigenvalue weighted by atomic mass is 16.5. The molecule has 1 aliphatic carbocycles. The van der Waals surface area contributed by atoms with Gasteiger partial charge in [-0.25, -0.2) is 0 Å². The Bertz CT molecular complexity index is 219. The van der Waals surface area contributed by atoms with Gasteiger partial charge in [0.1, 0.15) is 0 Å². The third kappa shape index (κ3) is 5.68. The molecule has 3 unspecified atom stereocenters. The van der Waals surface area contributed by atoms with Gasteiger partial charge in [0.25, 0.3) is 0 Å². The molecule has 0 amide bonds. The zero-order chi connectivity index (χ0) is 13.4. The third-order valence-corrected chi connectivity index (χ3v) is 4.20. The van der Waals surface area contributed by atoms with E-state index < -0.39 is 5.54 Å². The molecule has 3 nitrogen and oxygen atoms in total. The Balaban J connectivity index is 2.09. The van der Waals surface area contributed by atoms with Crippen molar-refractivity contribution < 1.29 is 9.84 Å². The highest BCUT2D eigenvalue weighted by Gasteiger charge is 2.24.